The fourth-order valence-corrected chi connectivity index (χ4v) is 1.24. The zero-order valence-electron chi connectivity index (χ0n) is 10.3. The van der Waals surface area contributed by atoms with Gasteiger partial charge in [-0.1, -0.05) is 40.0 Å². The van der Waals surface area contributed by atoms with E-state index in [4.69, 9.17) is 10.2 Å². The Hall–Kier alpha value is -0.0800. The molecular weight excluding hydrogens is 176 g/mol. The first kappa shape index (κ1) is 16.4. The minimum Gasteiger partial charge on any atom is -0.397 e. The molecule has 2 heteroatoms. The van der Waals surface area contributed by atoms with E-state index < -0.39 is 0 Å². The van der Waals surface area contributed by atoms with Gasteiger partial charge in [0.15, 0.2) is 0 Å². The van der Waals surface area contributed by atoms with Crippen LogP contribution in [0.3, 0.4) is 0 Å². The Morgan fingerprint density at radius 1 is 0.929 bits per heavy atom. The van der Waals surface area contributed by atoms with Crippen molar-refractivity contribution in [3.8, 4) is 0 Å². The standard InChI is InChI=1S/C10H22O.C2H6O/c1-9(2)5-4-6-10(3)7-8-11;1-2-3/h9-11H,4-8H2,1-3H3;3H,2H2,1H3. The molecule has 0 amide bonds. The highest BCUT2D eigenvalue weighted by Crippen LogP contribution is 2.14. The third-order valence-corrected chi connectivity index (χ3v) is 2.10. The van der Waals surface area contributed by atoms with Crippen LogP contribution < -0.4 is 0 Å². The summed E-state index contributed by atoms with van der Waals surface area (Å²) >= 11 is 0. The molecule has 0 aromatic rings. The van der Waals surface area contributed by atoms with Crippen molar-refractivity contribution in [1.29, 1.82) is 0 Å². The van der Waals surface area contributed by atoms with Crippen LogP contribution in [-0.4, -0.2) is 23.4 Å². The van der Waals surface area contributed by atoms with E-state index in [-0.39, 0.29) is 6.61 Å². The molecule has 88 valence electrons. The molecule has 0 aliphatic rings. The Balaban J connectivity index is 0. The molecule has 0 aliphatic carbocycles. The summed E-state index contributed by atoms with van der Waals surface area (Å²) in [6.45, 7) is 9.02. The lowest BCUT2D eigenvalue weighted by Gasteiger charge is -2.09. The first-order valence-corrected chi connectivity index (χ1v) is 5.80. The second-order valence-electron chi connectivity index (χ2n) is 4.26. The number of rotatable bonds is 6. The summed E-state index contributed by atoms with van der Waals surface area (Å²) in [6.07, 6.45) is 4.89. The van der Waals surface area contributed by atoms with E-state index in [0.717, 1.165) is 12.3 Å². The first-order chi connectivity index (χ1) is 6.58. The van der Waals surface area contributed by atoms with Gasteiger partial charge in [-0.25, -0.2) is 0 Å². The Kier molecular flexibility index (Phi) is 15.1. The van der Waals surface area contributed by atoms with Crippen molar-refractivity contribution in [3.63, 3.8) is 0 Å². The highest BCUT2D eigenvalue weighted by atomic mass is 16.3. The Morgan fingerprint density at radius 3 is 1.79 bits per heavy atom. The largest absolute Gasteiger partial charge is 0.397 e. The van der Waals surface area contributed by atoms with Gasteiger partial charge < -0.3 is 10.2 Å². The number of hydrogen-bond donors (Lipinski definition) is 2. The van der Waals surface area contributed by atoms with Crippen molar-refractivity contribution < 1.29 is 10.2 Å². The highest BCUT2D eigenvalue weighted by molar-refractivity contribution is 4.54. The molecule has 0 bridgehead atoms. The lowest BCUT2D eigenvalue weighted by molar-refractivity contribution is 0.255. The van der Waals surface area contributed by atoms with Crippen molar-refractivity contribution in [3.05, 3.63) is 0 Å². The van der Waals surface area contributed by atoms with E-state index >= 15 is 0 Å². The molecule has 0 rings (SSSR count). The Labute approximate surface area is 89.3 Å². The fraction of sp³-hybridized carbons (Fsp3) is 1.00. The molecule has 0 fully saturated rings. The smallest absolute Gasteiger partial charge is 0.0433 e. The van der Waals surface area contributed by atoms with Crippen LogP contribution in [0.1, 0.15) is 53.4 Å². The molecule has 0 aromatic heterocycles. The average molecular weight is 204 g/mol. The van der Waals surface area contributed by atoms with Gasteiger partial charge in [0.2, 0.25) is 0 Å². The van der Waals surface area contributed by atoms with Gasteiger partial charge in [-0.15, -0.1) is 0 Å². The molecule has 2 N–H and O–H groups in total. The molecule has 0 radical (unpaired) electrons. The summed E-state index contributed by atoms with van der Waals surface area (Å²) in [5, 5.41) is 16.2. The third-order valence-electron chi connectivity index (χ3n) is 2.10. The molecule has 0 spiro atoms. The van der Waals surface area contributed by atoms with Crippen molar-refractivity contribution >= 4 is 0 Å². The van der Waals surface area contributed by atoms with Gasteiger partial charge in [-0.3, -0.25) is 0 Å². The molecule has 2 nitrogen and oxygen atoms in total. The van der Waals surface area contributed by atoms with Gasteiger partial charge in [0.05, 0.1) is 0 Å². The molecular formula is C12H28O2. The number of aliphatic hydroxyl groups is 2. The van der Waals surface area contributed by atoms with Gasteiger partial charge in [0.25, 0.3) is 0 Å². The summed E-state index contributed by atoms with van der Waals surface area (Å²) in [4.78, 5) is 0. The summed E-state index contributed by atoms with van der Waals surface area (Å²) in [5.74, 6) is 1.54. The van der Waals surface area contributed by atoms with E-state index in [1.807, 2.05) is 0 Å². The van der Waals surface area contributed by atoms with Crippen LogP contribution in [0.2, 0.25) is 0 Å². The van der Waals surface area contributed by atoms with Gasteiger partial charge in [0.1, 0.15) is 0 Å². The van der Waals surface area contributed by atoms with Crippen molar-refractivity contribution in [2.45, 2.75) is 53.4 Å². The predicted octanol–water partition coefficient (Wildman–Crippen LogP) is 2.83. The van der Waals surface area contributed by atoms with Crippen molar-refractivity contribution in [1.82, 2.24) is 0 Å². The summed E-state index contributed by atoms with van der Waals surface area (Å²) in [5.41, 5.74) is 0. The quantitative estimate of drug-likeness (QED) is 0.698. The topological polar surface area (TPSA) is 40.5 Å². The minimum absolute atomic E-state index is 0.250. The lowest BCUT2D eigenvalue weighted by atomic mass is 9.98. The first-order valence-electron chi connectivity index (χ1n) is 5.80. The van der Waals surface area contributed by atoms with E-state index in [2.05, 4.69) is 20.8 Å². The maximum absolute atomic E-state index is 8.65. The molecule has 1 atom stereocenters. The summed E-state index contributed by atoms with van der Waals surface area (Å²) in [6, 6.07) is 0. The third kappa shape index (κ3) is 17.9. The fourth-order valence-electron chi connectivity index (χ4n) is 1.24. The van der Waals surface area contributed by atoms with Crippen LogP contribution in [0, 0.1) is 11.8 Å². The van der Waals surface area contributed by atoms with E-state index in [1.54, 1.807) is 6.92 Å². The zero-order chi connectivity index (χ0) is 11.4. The van der Waals surface area contributed by atoms with Gasteiger partial charge in [-0.2, -0.15) is 0 Å². The highest BCUT2D eigenvalue weighted by Gasteiger charge is 2.01. The average Bonchev–Trinajstić information content (AvgIpc) is 2.05. The van der Waals surface area contributed by atoms with Crippen molar-refractivity contribution in [2.75, 3.05) is 13.2 Å². The minimum atomic E-state index is 0.250. The van der Waals surface area contributed by atoms with Crippen LogP contribution in [0.25, 0.3) is 0 Å². The van der Waals surface area contributed by atoms with Crippen LogP contribution in [0.15, 0.2) is 0 Å². The van der Waals surface area contributed by atoms with Crippen LogP contribution >= 0.6 is 0 Å². The van der Waals surface area contributed by atoms with E-state index in [1.165, 1.54) is 19.3 Å². The molecule has 14 heavy (non-hydrogen) atoms. The molecule has 0 saturated carbocycles. The lowest BCUT2D eigenvalue weighted by Crippen LogP contribution is -1.98. The summed E-state index contributed by atoms with van der Waals surface area (Å²) in [7, 11) is 0. The zero-order valence-corrected chi connectivity index (χ0v) is 10.3. The summed E-state index contributed by atoms with van der Waals surface area (Å²) < 4.78 is 0. The maximum atomic E-state index is 8.65. The molecule has 0 heterocycles. The van der Waals surface area contributed by atoms with Crippen LogP contribution in [-0.2, 0) is 0 Å². The maximum Gasteiger partial charge on any atom is 0.0433 e. The number of hydrogen-bond acceptors (Lipinski definition) is 2. The second kappa shape index (κ2) is 12.9. The molecule has 0 saturated heterocycles. The SMILES string of the molecule is CC(C)CCCC(C)CCO.CCO. The number of aliphatic hydroxyl groups excluding tert-OH is 2. The molecule has 0 aliphatic heterocycles. The van der Waals surface area contributed by atoms with Gasteiger partial charge in [-0.05, 0) is 25.2 Å². The Bertz CT molecular complexity index is 92.3. The normalized spacial score (nSPS) is 12.2. The van der Waals surface area contributed by atoms with Crippen molar-refractivity contribution in [2.24, 2.45) is 11.8 Å². The molecule has 1 unspecified atom stereocenters. The monoisotopic (exact) mass is 204 g/mol. The predicted molar refractivity (Wildman–Crippen MR) is 62.3 cm³/mol. The second-order valence-corrected chi connectivity index (χ2v) is 4.26. The van der Waals surface area contributed by atoms with E-state index in [9.17, 15) is 0 Å². The molecule has 0 aromatic carbocycles. The van der Waals surface area contributed by atoms with Crippen LogP contribution in [0.4, 0.5) is 0 Å². The van der Waals surface area contributed by atoms with E-state index in [0.29, 0.717) is 12.5 Å². The van der Waals surface area contributed by atoms with Gasteiger partial charge >= 0.3 is 0 Å². The Morgan fingerprint density at radius 2 is 1.43 bits per heavy atom. The van der Waals surface area contributed by atoms with Gasteiger partial charge in [0, 0.05) is 13.2 Å². The van der Waals surface area contributed by atoms with Crippen LogP contribution in [0.5, 0.6) is 0 Å².